The number of piperidine rings is 1. The molecule has 1 aromatic carbocycles. The van der Waals surface area contributed by atoms with Crippen molar-refractivity contribution in [1.82, 2.24) is 9.88 Å². The zero-order valence-electron chi connectivity index (χ0n) is 13.2. The van der Waals surface area contributed by atoms with Gasteiger partial charge >= 0.3 is 0 Å². The summed E-state index contributed by atoms with van der Waals surface area (Å²) in [5.74, 6) is 0.705. The quantitative estimate of drug-likeness (QED) is 0.819. The van der Waals surface area contributed by atoms with Crippen LogP contribution in [-0.2, 0) is 5.41 Å². The SMILES string of the molecule is CN1CCC(c2cc3cc(C(C)(C)C)ccc3[nH]2)CC1. The largest absolute Gasteiger partial charge is 0.358 e. The van der Waals surface area contributed by atoms with Gasteiger partial charge in [0.2, 0.25) is 0 Å². The van der Waals surface area contributed by atoms with E-state index in [1.807, 2.05) is 0 Å². The second-order valence-corrected chi connectivity index (χ2v) is 7.35. The van der Waals surface area contributed by atoms with Gasteiger partial charge in [-0.25, -0.2) is 0 Å². The highest BCUT2D eigenvalue weighted by atomic mass is 15.1. The monoisotopic (exact) mass is 270 g/mol. The third-order valence-corrected chi connectivity index (χ3v) is 4.67. The van der Waals surface area contributed by atoms with Crippen LogP contribution in [0.3, 0.4) is 0 Å². The molecule has 1 fully saturated rings. The van der Waals surface area contributed by atoms with Crippen LogP contribution >= 0.6 is 0 Å². The second kappa shape index (κ2) is 4.92. The number of fused-ring (bicyclic) bond motifs is 1. The average Bonchev–Trinajstić information content (AvgIpc) is 2.81. The third-order valence-electron chi connectivity index (χ3n) is 4.67. The fourth-order valence-electron chi connectivity index (χ4n) is 3.16. The van der Waals surface area contributed by atoms with Gasteiger partial charge in [-0.2, -0.15) is 0 Å². The fraction of sp³-hybridized carbons (Fsp3) is 0.556. The minimum atomic E-state index is 0.221. The predicted molar refractivity (Wildman–Crippen MR) is 86.5 cm³/mol. The molecule has 1 aromatic heterocycles. The van der Waals surface area contributed by atoms with Gasteiger partial charge in [-0.15, -0.1) is 0 Å². The van der Waals surface area contributed by atoms with Crippen molar-refractivity contribution in [1.29, 1.82) is 0 Å². The van der Waals surface area contributed by atoms with Crippen molar-refractivity contribution in [2.24, 2.45) is 0 Å². The van der Waals surface area contributed by atoms with E-state index in [0.717, 1.165) is 0 Å². The molecule has 2 nitrogen and oxygen atoms in total. The summed E-state index contributed by atoms with van der Waals surface area (Å²) in [4.78, 5) is 6.07. The lowest BCUT2D eigenvalue weighted by atomic mass is 9.86. The lowest BCUT2D eigenvalue weighted by Gasteiger charge is -2.28. The number of nitrogens with zero attached hydrogens (tertiary/aromatic N) is 1. The number of rotatable bonds is 1. The Hall–Kier alpha value is -1.28. The van der Waals surface area contributed by atoms with Crippen LogP contribution in [0.4, 0.5) is 0 Å². The Balaban J connectivity index is 1.91. The zero-order valence-corrected chi connectivity index (χ0v) is 13.2. The van der Waals surface area contributed by atoms with Crippen LogP contribution < -0.4 is 0 Å². The van der Waals surface area contributed by atoms with Crippen LogP contribution in [-0.4, -0.2) is 30.0 Å². The number of hydrogen-bond donors (Lipinski definition) is 1. The Morgan fingerprint density at radius 2 is 1.80 bits per heavy atom. The smallest absolute Gasteiger partial charge is 0.0456 e. The molecule has 0 aliphatic carbocycles. The van der Waals surface area contributed by atoms with Gasteiger partial charge in [0.15, 0.2) is 0 Å². The van der Waals surface area contributed by atoms with Gasteiger partial charge in [0.25, 0.3) is 0 Å². The summed E-state index contributed by atoms with van der Waals surface area (Å²) in [5.41, 5.74) is 4.35. The molecule has 20 heavy (non-hydrogen) atoms. The molecule has 0 saturated carbocycles. The van der Waals surface area contributed by atoms with Crippen LogP contribution in [0.15, 0.2) is 24.3 Å². The molecule has 0 radical (unpaired) electrons. The Labute approximate surface area is 122 Å². The second-order valence-electron chi connectivity index (χ2n) is 7.35. The first-order chi connectivity index (χ1) is 9.43. The van der Waals surface area contributed by atoms with Crippen LogP contribution in [0.2, 0.25) is 0 Å². The summed E-state index contributed by atoms with van der Waals surface area (Å²) in [7, 11) is 2.22. The van der Waals surface area contributed by atoms with E-state index in [2.05, 4.69) is 62.0 Å². The van der Waals surface area contributed by atoms with Crippen molar-refractivity contribution in [3.8, 4) is 0 Å². The van der Waals surface area contributed by atoms with Gasteiger partial charge in [-0.3, -0.25) is 0 Å². The molecular formula is C18H26N2. The maximum Gasteiger partial charge on any atom is 0.0456 e. The number of hydrogen-bond acceptors (Lipinski definition) is 1. The van der Waals surface area contributed by atoms with E-state index in [4.69, 9.17) is 0 Å². The first-order valence-corrected chi connectivity index (χ1v) is 7.75. The summed E-state index contributed by atoms with van der Waals surface area (Å²) < 4.78 is 0. The number of aromatic nitrogens is 1. The van der Waals surface area contributed by atoms with Crippen molar-refractivity contribution in [3.63, 3.8) is 0 Å². The topological polar surface area (TPSA) is 19.0 Å². The predicted octanol–water partition coefficient (Wildman–Crippen LogP) is 4.27. The number of likely N-dealkylation sites (tertiary alicyclic amines) is 1. The molecule has 1 N–H and O–H groups in total. The molecule has 1 aliphatic rings. The summed E-state index contributed by atoms with van der Waals surface area (Å²) in [6.45, 7) is 9.26. The molecule has 1 saturated heterocycles. The molecule has 0 bridgehead atoms. The van der Waals surface area contributed by atoms with E-state index in [1.54, 1.807) is 0 Å². The Kier molecular flexibility index (Phi) is 3.37. The molecule has 3 rings (SSSR count). The molecule has 2 heterocycles. The maximum absolute atomic E-state index is 3.64. The molecule has 2 aromatic rings. The normalized spacial score (nSPS) is 18.8. The Bertz CT molecular complexity index is 595. The van der Waals surface area contributed by atoms with Crippen molar-refractivity contribution >= 4 is 10.9 Å². The number of aromatic amines is 1. The van der Waals surface area contributed by atoms with Crippen molar-refractivity contribution in [2.75, 3.05) is 20.1 Å². The number of H-pyrrole nitrogens is 1. The van der Waals surface area contributed by atoms with Gasteiger partial charge in [-0.05, 0) is 67.5 Å². The highest BCUT2D eigenvalue weighted by Gasteiger charge is 2.20. The summed E-state index contributed by atoms with van der Waals surface area (Å²) in [5, 5.41) is 1.37. The molecule has 0 atom stereocenters. The van der Waals surface area contributed by atoms with Crippen molar-refractivity contribution < 1.29 is 0 Å². The highest BCUT2D eigenvalue weighted by molar-refractivity contribution is 5.81. The van der Waals surface area contributed by atoms with E-state index in [1.165, 1.54) is 48.1 Å². The van der Waals surface area contributed by atoms with E-state index in [9.17, 15) is 0 Å². The molecule has 0 amide bonds. The lowest BCUT2D eigenvalue weighted by Crippen LogP contribution is -2.29. The van der Waals surface area contributed by atoms with E-state index < -0.39 is 0 Å². The van der Waals surface area contributed by atoms with Crippen LogP contribution in [0.25, 0.3) is 10.9 Å². The van der Waals surface area contributed by atoms with Gasteiger partial charge < -0.3 is 9.88 Å². The average molecular weight is 270 g/mol. The summed E-state index contributed by atoms with van der Waals surface area (Å²) >= 11 is 0. The van der Waals surface area contributed by atoms with E-state index in [-0.39, 0.29) is 5.41 Å². The zero-order chi connectivity index (χ0) is 14.3. The van der Waals surface area contributed by atoms with Crippen LogP contribution in [0, 0.1) is 0 Å². The number of benzene rings is 1. The van der Waals surface area contributed by atoms with Gasteiger partial charge in [0.1, 0.15) is 0 Å². The van der Waals surface area contributed by atoms with Crippen molar-refractivity contribution in [3.05, 3.63) is 35.5 Å². The minimum absolute atomic E-state index is 0.221. The minimum Gasteiger partial charge on any atom is -0.358 e. The van der Waals surface area contributed by atoms with Crippen LogP contribution in [0.1, 0.15) is 50.8 Å². The van der Waals surface area contributed by atoms with Gasteiger partial charge in [0, 0.05) is 17.1 Å². The lowest BCUT2D eigenvalue weighted by molar-refractivity contribution is 0.254. The fourth-order valence-corrected chi connectivity index (χ4v) is 3.16. The molecule has 0 spiro atoms. The highest BCUT2D eigenvalue weighted by Crippen LogP contribution is 2.31. The Morgan fingerprint density at radius 3 is 2.45 bits per heavy atom. The summed E-state index contributed by atoms with van der Waals surface area (Å²) in [6.07, 6.45) is 2.55. The first kappa shape index (κ1) is 13.7. The van der Waals surface area contributed by atoms with Gasteiger partial charge in [0.05, 0.1) is 0 Å². The van der Waals surface area contributed by atoms with E-state index >= 15 is 0 Å². The Morgan fingerprint density at radius 1 is 1.10 bits per heavy atom. The van der Waals surface area contributed by atoms with Crippen molar-refractivity contribution in [2.45, 2.75) is 44.9 Å². The molecule has 108 valence electrons. The standard InChI is InChI=1S/C18H26N2/c1-18(2,3)15-5-6-16-14(11-15)12-17(19-16)13-7-9-20(4)10-8-13/h5-6,11-13,19H,7-10H2,1-4H3. The van der Waals surface area contributed by atoms with E-state index in [0.29, 0.717) is 5.92 Å². The molecule has 1 aliphatic heterocycles. The van der Waals surface area contributed by atoms with Crippen LogP contribution in [0.5, 0.6) is 0 Å². The maximum atomic E-state index is 3.64. The number of nitrogens with one attached hydrogen (secondary N) is 1. The molecule has 2 heteroatoms. The molecule has 0 unspecified atom stereocenters. The first-order valence-electron chi connectivity index (χ1n) is 7.75. The third kappa shape index (κ3) is 2.62. The van der Waals surface area contributed by atoms with Gasteiger partial charge in [-0.1, -0.05) is 26.8 Å². The summed E-state index contributed by atoms with van der Waals surface area (Å²) in [6, 6.07) is 9.23. The molecular weight excluding hydrogens is 244 g/mol.